The summed E-state index contributed by atoms with van der Waals surface area (Å²) < 4.78 is 30.7. The van der Waals surface area contributed by atoms with Crippen LogP contribution in [0.25, 0.3) is 5.69 Å². The third kappa shape index (κ3) is 5.91. The molecular formula is C25H33ClF2N8O3. The van der Waals surface area contributed by atoms with Gasteiger partial charge in [0.1, 0.15) is 17.5 Å². The van der Waals surface area contributed by atoms with Crippen LogP contribution < -0.4 is 22.5 Å². The molecule has 212 valence electrons. The van der Waals surface area contributed by atoms with Crippen molar-refractivity contribution in [1.82, 2.24) is 24.3 Å². The number of likely N-dealkylation sites (tertiary alicyclic amines) is 1. The number of aromatic nitrogens is 2. The van der Waals surface area contributed by atoms with Gasteiger partial charge in [0.15, 0.2) is 0 Å². The number of piperidine rings is 1. The minimum atomic E-state index is -0.993. The van der Waals surface area contributed by atoms with Crippen LogP contribution in [0.2, 0.25) is 0 Å². The van der Waals surface area contributed by atoms with E-state index in [0.717, 1.165) is 29.8 Å². The molecule has 0 radical (unpaired) electrons. The third-order valence-electron chi connectivity index (χ3n) is 7.57. The second kappa shape index (κ2) is 10.8. The number of halogens is 3. The zero-order valence-electron chi connectivity index (χ0n) is 21.8. The van der Waals surface area contributed by atoms with Crippen LogP contribution >= 0.6 is 12.4 Å². The number of nitrogens with zero attached hydrogens (tertiary/aromatic N) is 5. The molecule has 0 bridgehead atoms. The standard InChI is InChI=1S/C25H32F2N8O3.ClH/c1-25(2,29)22(36)33-5-7-34(8-6-33)23(37)30-20-3-4-35(24(38)31-20)14-9-18(26)17(19(27)10-14)13-32-11-15-16(12-32)21(15)28;/h3-4,9-10,15-16,21H,5-8,11-13,28-29H2,1-2H3,(H,30,31,37,38);1H. The highest BCUT2D eigenvalue weighted by atomic mass is 35.5. The van der Waals surface area contributed by atoms with Crippen molar-refractivity contribution in [2.24, 2.45) is 23.3 Å². The van der Waals surface area contributed by atoms with Crippen LogP contribution in [-0.4, -0.2) is 87.0 Å². The van der Waals surface area contributed by atoms with Crippen molar-refractivity contribution >= 4 is 30.2 Å². The molecule has 1 aliphatic carbocycles. The van der Waals surface area contributed by atoms with Gasteiger partial charge in [0.25, 0.3) is 0 Å². The number of benzene rings is 1. The summed E-state index contributed by atoms with van der Waals surface area (Å²) in [6.07, 6.45) is 1.30. The van der Waals surface area contributed by atoms with Crippen LogP contribution in [0.1, 0.15) is 19.4 Å². The lowest BCUT2D eigenvalue weighted by Crippen LogP contribution is -2.58. The largest absolute Gasteiger partial charge is 0.354 e. The van der Waals surface area contributed by atoms with E-state index in [1.54, 1.807) is 18.7 Å². The molecule has 1 aromatic carbocycles. The van der Waals surface area contributed by atoms with Gasteiger partial charge in [-0.05, 0) is 43.9 Å². The smallest absolute Gasteiger partial charge is 0.338 e. The van der Waals surface area contributed by atoms with Gasteiger partial charge in [-0.25, -0.2) is 18.4 Å². The van der Waals surface area contributed by atoms with Crippen molar-refractivity contribution in [2.45, 2.75) is 32.0 Å². The minimum Gasteiger partial charge on any atom is -0.338 e. The number of carbonyl (C=O) groups excluding carboxylic acids is 2. The molecule has 3 amide bonds. The van der Waals surface area contributed by atoms with E-state index < -0.39 is 28.9 Å². The van der Waals surface area contributed by atoms with Gasteiger partial charge in [-0.1, -0.05) is 0 Å². The number of piperazine rings is 1. The summed E-state index contributed by atoms with van der Waals surface area (Å²) in [6, 6.07) is 3.30. The average Bonchev–Trinajstić information content (AvgIpc) is 3.24. The fourth-order valence-electron chi connectivity index (χ4n) is 5.27. The second-order valence-corrected chi connectivity index (χ2v) is 10.9. The highest BCUT2D eigenvalue weighted by Crippen LogP contribution is 2.44. The van der Waals surface area contributed by atoms with Crippen LogP contribution in [-0.2, 0) is 11.3 Å². The first-order chi connectivity index (χ1) is 17.9. The Morgan fingerprint density at radius 3 is 2.18 bits per heavy atom. The van der Waals surface area contributed by atoms with Crippen molar-refractivity contribution < 1.29 is 18.4 Å². The Hall–Kier alpha value is -3.13. The van der Waals surface area contributed by atoms with Crippen molar-refractivity contribution in [3.8, 4) is 5.69 Å². The quantitative estimate of drug-likeness (QED) is 0.484. The molecule has 2 aromatic rings. The fraction of sp³-hybridized carbons (Fsp3) is 0.520. The molecule has 0 spiro atoms. The molecule has 5 rings (SSSR count). The Bertz CT molecular complexity index is 1290. The minimum absolute atomic E-state index is 0. The maximum atomic E-state index is 14.8. The number of hydrogen-bond donors (Lipinski definition) is 3. The van der Waals surface area contributed by atoms with Gasteiger partial charge in [-0.15, -0.1) is 12.4 Å². The van der Waals surface area contributed by atoms with Gasteiger partial charge >= 0.3 is 11.7 Å². The van der Waals surface area contributed by atoms with E-state index in [-0.39, 0.29) is 48.0 Å². The van der Waals surface area contributed by atoms with Gasteiger partial charge in [0.05, 0.1) is 11.2 Å². The Kier molecular flexibility index (Phi) is 7.99. The zero-order chi connectivity index (χ0) is 27.4. The predicted molar refractivity (Wildman–Crippen MR) is 143 cm³/mol. The number of anilines is 1. The molecule has 5 N–H and O–H groups in total. The van der Waals surface area contributed by atoms with E-state index in [0.29, 0.717) is 38.0 Å². The molecule has 3 heterocycles. The first kappa shape index (κ1) is 28.9. The molecule has 3 fully saturated rings. The normalized spacial score (nSPS) is 22.8. The van der Waals surface area contributed by atoms with Gasteiger partial charge < -0.3 is 21.3 Å². The molecule has 2 unspecified atom stereocenters. The van der Waals surface area contributed by atoms with Crippen LogP contribution in [0, 0.1) is 23.5 Å². The molecule has 2 atom stereocenters. The summed E-state index contributed by atoms with van der Waals surface area (Å²) in [5.74, 6) is -0.875. The highest BCUT2D eigenvalue weighted by Gasteiger charge is 2.53. The molecule has 2 saturated heterocycles. The average molecular weight is 567 g/mol. The second-order valence-electron chi connectivity index (χ2n) is 10.9. The van der Waals surface area contributed by atoms with E-state index >= 15 is 0 Å². The van der Waals surface area contributed by atoms with Crippen molar-refractivity contribution in [3.63, 3.8) is 0 Å². The highest BCUT2D eigenvalue weighted by molar-refractivity contribution is 5.89. The molecule has 1 saturated carbocycles. The van der Waals surface area contributed by atoms with E-state index in [1.807, 2.05) is 4.90 Å². The molecule has 39 heavy (non-hydrogen) atoms. The first-order valence-corrected chi connectivity index (χ1v) is 12.6. The first-order valence-electron chi connectivity index (χ1n) is 12.6. The predicted octanol–water partition coefficient (Wildman–Crippen LogP) is 0.735. The summed E-state index contributed by atoms with van der Waals surface area (Å²) in [6.45, 7) is 6.11. The molecule has 3 aliphatic rings. The number of urea groups is 1. The number of amides is 3. The number of fused-ring (bicyclic) bond motifs is 1. The SMILES string of the molecule is CC(C)(N)C(=O)N1CCN(C(=O)Nc2ccn(-c3cc(F)c(CN4CC5C(N)C5C4)c(F)c3)c(=O)n2)CC1.Cl. The summed E-state index contributed by atoms with van der Waals surface area (Å²) in [4.78, 5) is 46.5. The maximum absolute atomic E-state index is 14.8. The maximum Gasteiger partial charge on any atom is 0.354 e. The summed E-state index contributed by atoms with van der Waals surface area (Å²) in [7, 11) is 0. The molecule has 11 nitrogen and oxygen atoms in total. The number of rotatable bonds is 5. The van der Waals surface area contributed by atoms with Crippen LogP contribution in [0.4, 0.5) is 19.4 Å². The van der Waals surface area contributed by atoms with Crippen LogP contribution in [0.15, 0.2) is 29.2 Å². The molecule has 14 heteroatoms. The molecule has 2 aliphatic heterocycles. The van der Waals surface area contributed by atoms with Crippen molar-refractivity contribution in [3.05, 3.63) is 52.1 Å². The number of hydrogen-bond acceptors (Lipinski definition) is 7. The Morgan fingerprint density at radius 2 is 1.64 bits per heavy atom. The van der Waals surface area contributed by atoms with E-state index in [9.17, 15) is 23.2 Å². The Labute approximate surface area is 230 Å². The molecule has 1 aromatic heterocycles. The van der Waals surface area contributed by atoms with Gasteiger partial charge in [0, 0.05) is 63.6 Å². The van der Waals surface area contributed by atoms with Gasteiger partial charge in [-0.2, -0.15) is 4.98 Å². The monoisotopic (exact) mass is 566 g/mol. The lowest BCUT2D eigenvalue weighted by molar-refractivity contribution is -0.137. The lowest BCUT2D eigenvalue weighted by Gasteiger charge is -2.37. The van der Waals surface area contributed by atoms with Crippen LogP contribution in [0.5, 0.6) is 0 Å². The van der Waals surface area contributed by atoms with E-state index in [1.165, 1.54) is 17.2 Å². The Morgan fingerprint density at radius 1 is 1.08 bits per heavy atom. The third-order valence-corrected chi connectivity index (χ3v) is 7.57. The topological polar surface area (TPSA) is 143 Å². The number of nitrogens with two attached hydrogens (primary N) is 2. The van der Waals surface area contributed by atoms with Crippen LogP contribution in [0.3, 0.4) is 0 Å². The zero-order valence-corrected chi connectivity index (χ0v) is 22.6. The summed E-state index contributed by atoms with van der Waals surface area (Å²) in [5.41, 5.74) is 9.95. The van der Waals surface area contributed by atoms with Gasteiger partial charge in [-0.3, -0.25) is 19.6 Å². The van der Waals surface area contributed by atoms with E-state index in [4.69, 9.17) is 11.5 Å². The molecular weight excluding hydrogens is 534 g/mol. The van der Waals surface area contributed by atoms with Crippen molar-refractivity contribution in [2.75, 3.05) is 44.6 Å². The Balaban J connectivity index is 0.00000353. The number of nitrogens with one attached hydrogen (secondary N) is 1. The summed E-state index contributed by atoms with van der Waals surface area (Å²) in [5, 5.41) is 2.56. The lowest BCUT2D eigenvalue weighted by atomic mass is 10.1. The van der Waals surface area contributed by atoms with Gasteiger partial charge in [0.2, 0.25) is 5.91 Å². The van der Waals surface area contributed by atoms with Crippen molar-refractivity contribution in [1.29, 1.82) is 0 Å². The summed E-state index contributed by atoms with van der Waals surface area (Å²) >= 11 is 0. The number of carbonyl (C=O) groups is 2. The fourth-order valence-corrected chi connectivity index (χ4v) is 5.27. The van der Waals surface area contributed by atoms with E-state index in [2.05, 4.69) is 10.3 Å².